The van der Waals surface area contributed by atoms with Crippen LogP contribution in [-0.2, 0) is 4.79 Å². The van der Waals surface area contributed by atoms with Gasteiger partial charge in [0.1, 0.15) is 12.4 Å². The number of benzene rings is 2. The Hall–Kier alpha value is -2.24. The predicted octanol–water partition coefficient (Wildman–Crippen LogP) is 6.04. The summed E-state index contributed by atoms with van der Waals surface area (Å²) >= 11 is 12.0. The van der Waals surface area contributed by atoms with Crippen molar-refractivity contribution < 1.29 is 14.3 Å². The van der Waals surface area contributed by atoms with Crippen LogP contribution in [0.1, 0.15) is 44.5 Å². The second-order valence-electron chi connectivity index (χ2n) is 8.58. The molecule has 0 bridgehead atoms. The number of hydrogen-bond donors (Lipinski definition) is 1. The molecule has 2 amide bonds. The zero-order valence-corrected chi connectivity index (χ0v) is 19.1. The number of rotatable bonds is 5. The lowest BCUT2D eigenvalue weighted by molar-refractivity contribution is -0.127. The molecule has 2 aromatic rings. The molecule has 3 rings (SSSR count). The molecule has 0 unspecified atom stereocenters. The average molecular weight is 449 g/mol. The van der Waals surface area contributed by atoms with Crippen LogP contribution in [0.4, 0.5) is 11.4 Å². The summed E-state index contributed by atoms with van der Waals surface area (Å²) in [6.45, 7) is 8.90. The number of halogens is 2. The minimum Gasteiger partial charge on any atom is -0.490 e. The van der Waals surface area contributed by atoms with Crippen LogP contribution >= 0.6 is 23.2 Å². The van der Waals surface area contributed by atoms with E-state index in [-0.39, 0.29) is 11.8 Å². The Bertz CT molecular complexity index is 973. The molecule has 7 heteroatoms. The molecule has 1 N–H and O–H groups in total. The number of carbonyl (C=O) groups excluding carboxylic acids is 2. The molecule has 0 atom stereocenters. The highest BCUT2D eigenvalue weighted by Crippen LogP contribution is 2.38. The van der Waals surface area contributed by atoms with E-state index < -0.39 is 5.41 Å². The lowest BCUT2D eigenvalue weighted by Crippen LogP contribution is -2.42. The van der Waals surface area contributed by atoms with E-state index in [9.17, 15) is 9.59 Å². The average Bonchev–Trinajstić information content (AvgIpc) is 2.77. The number of fused-ring (bicyclic) bond motifs is 1. The Balaban J connectivity index is 1.91. The maximum absolute atomic E-state index is 13.2. The molecular formula is C23H26Cl2N2O3. The van der Waals surface area contributed by atoms with Gasteiger partial charge < -0.3 is 15.0 Å². The Morgan fingerprint density at radius 2 is 1.90 bits per heavy atom. The molecule has 1 aliphatic heterocycles. The largest absolute Gasteiger partial charge is 0.490 e. The van der Waals surface area contributed by atoms with Gasteiger partial charge >= 0.3 is 0 Å². The molecule has 0 fully saturated rings. The van der Waals surface area contributed by atoms with Crippen LogP contribution in [-0.4, -0.2) is 25.0 Å². The third kappa shape index (κ3) is 4.90. The van der Waals surface area contributed by atoms with Gasteiger partial charge in [-0.3, -0.25) is 9.59 Å². The standard InChI is InChI=1S/C23H26Cl2N2O3/c1-14(2)9-10-27-19-12-16(6-8-20(19)30-13-23(3,4)22(27)29)26-21(28)15-5-7-17(24)18(25)11-15/h5-8,11-12,14H,9-10,13H2,1-4H3,(H,26,28). The predicted molar refractivity (Wildman–Crippen MR) is 122 cm³/mol. The summed E-state index contributed by atoms with van der Waals surface area (Å²) in [6, 6.07) is 10.0. The fraction of sp³-hybridized carbons (Fsp3) is 0.391. The summed E-state index contributed by atoms with van der Waals surface area (Å²) < 4.78 is 5.94. The number of hydrogen-bond acceptors (Lipinski definition) is 3. The van der Waals surface area contributed by atoms with Crippen molar-refractivity contribution in [3.05, 3.63) is 52.0 Å². The number of amides is 2. The fourth-order valence-corrected chi connectivity index (χ4v) is 3.47. The number of carbonyl (C=O) groups is 2. The molecule has 160 valence electrons. The summed E-state index contributed by atoms with van der Waals surface area (Å²) in [4.78, 5) is 27.6. The third-order valence-corrected chi connectivity index (χ3v) is 5.77. The van der Waals surface area contributed by atoms with Crippen LogP contribution in [0.25, 0.3) is 0 Å². The minimum absolute atomic E-state index is 0.00913. The van der Waals surface area contributed by atoms with E-state index in [0.717, 1.165) is 6.42 Å². The van der Waals surface area contributed by atoms with Gasteiger partial charge in [0.25, 0.3) is 5.91 Å². The summed E-state index contributed by atoms with van der Waals surface area (Å²) in [5.41, 5.74) is 0.984. The monoisotopic (exact) mass is 448 g/mol. The van der Waals surface area contributed by atoms with Crippen molar-refractivity contribution in [3.8, 4) is 5.75 Å². The minimum atomic E-state index is -0.639. The Labute approximate surface area is 187 Å². The lowest BCUT2D eigenvalue weighted by Gasteiger charge is -2.28. The highest BCUT2D eigenvalue weighted by molar-refractivity contribution is 6.42. The van der Waals surface area contributed by atoms with Crippen molar-refractivity contribution in [3.63, 3.8) is 0 Å². The maximum atomic E-state index is 13.2. The Morgan fingerprint density at radius 1 is 1.17 bits per heavy atom. The van der Waals surface area contributed by atoms with Crippen molar-refractivity contribution in [2.45, 2.75) is 34.1 Å². The number of ether oxygens (including phenoxy) is 1. The Kier molecular flexibility index (Phi) is 6.63. The molecule has 0 spiro atoms. The van der Waals surface area contributed by atoms with E-state index in [1.807, 2.05) is 13.8 Å². The molecule has 0 saturated carbocycles. The van der Waals surface area contributed by atoms with Crippen LogP contribution in [0.5, 0.6) is 5.75 Å². The zero-order valence-electron chi connectivity index (χ0n) is 17.6. The Morgan fingerprint density at radius 3 is 2.57 bits per heavy atom. The molecular weight excluding hydrogens is 423 g/mol. The summed E-state index contributed by atoms with van der Waals surface area (Å²) in [5, 5.41) is 3.56. The molecule has 2 aromatic carbocycles. The van der Waals surface area contributed by atoms with E-state index in [1.54, 1.807) is 35.2 Å². The van der Waals surface area contributed by atoms with Crippen LogP contribution in [0.3, 0.4) is 0 Å². The van der Waals surface area contributed by atoms with Crippen molar-refractivity contribution in [2.24, 2.45) is 11.3 Å². The van der Waals surface area contributed by atoms with Crippen molar-refractivity contribution in [1.82, 2.24) is 0 Å². The maximum Gasteiger partial charge on any atom is 0.255 e. The quantitative estimate of drug-likeness (QED) is 0.605. The first kappa shape index (κ1) is 22.4. The first-order valence-electron chi connectivity index (χ1n) is 9.94. The van der Waals surface area contributed by atoms with Gasteiger partial charge in [0, 0.05) is 17.8 Å². The van der Waals surface area contributed by atoms with E-state index in [1.165, 1.54) is 6.07 Å². The van der Waals surface area contributed by atoms with Gasteiger partial charge in [0.15, 0.2) is 0 Å². The van der Waals surface area contributed by atoms with Crippen LogP contribution in [0.15, 0.2) is 36.4 Å². The van der Waals surface area contributed by atoms with Crippen LogP contribution in [0.2, 0.25) is 10.0 Å². The molecule has 1 heterocycles. The van der Waals surface area contributed by atoms with Gasteiger partial charge in [-0.2, -0.15) is 0 Å². The lowest BCUT2D eigenvalue weighted by atomic mass is 9.92. The van der Waals surface area contributed by atoms with Crippen molar-refractivity contribution in [1.29, 1.82) is 0 Å². The first-order chi connectivity index (χ1) is 14.1. The fourth-order valence-electron chi connectivity index (χ4n) is 3.17. The van der Waals surface area contributed by atoms with Gasteiger partial charge in [-0.15, -0.1) is 0 Å². The van der Waals surface area contributed by atoms with E-state index in [4.69, 9.17) is 27.9 Å². The highest BCUT2D eigenvalue weighted by atomic mass is 35.5. The van der Waals surface area contributed by atoms with Gasteiger partial charge in [0.2, 0.25) is 5.91 Å². The third-order valence-electron chi connectivity index (χ3n) is 5.03. The highest BCUT2D eigenvalue weighted by Gasteiger charge is 2.37. The van der Waals surface area contributed by atoms with Gasteiger partial charge in [-0.05, 0) is 62.6 Å². The SMILES string of the molecule is CC(C)CCN1C(=O)C(C)(C)COc2ccc(NC(=O)c3ccc(Cl)c(Cl)c3)cc21. The molecule has 1 aliphatic rings. The molecule has 0 saturated heterocycles. The summed E-state index contributed by atoms with van der Waals surface area (Å²) in [7, 11) is 0. The molecule has 30 heavy (non-hydrogen) atoms. The smallest absolute Gasteiger partial charge is 0.255 e. The summed E-state index contributed by atoms with van der Waals surface area (Å²) in [6.07, 6.45) is 0.862. The number of nitrogens with zero attached hydrogens (tertiary/aromatic N) is 1. The van der Waals surface area contributed by atoms with E-state index in [2.05, 4.69) is 19.2 Å². The van der Waals surface area contributed by atoms with E-state index in [0.29, 0.717) is 51.8 Å². The van der Waals surface area contributed by atoms with Crippen molar-refractivity contribution >= 4 is 46.4 Å². The van der Waals surface area contributed by atoms with E-state index >= 15 is 0 Å². The second-order valence-corrected chi connectivity index (χ2v) is 9.39. The van der Waals surface area contributed by atoms with Crippen LogP contribution < -0.4 is 15.0 Å². The molecule has 0 aliphatic carbocycles. The number of nitrogens with one attached hydrogen (secondary N) is 1. The van der Waals surface area contributed by atoms with Gasteiger partial charge in [-0.1, -0.05) is 37.0 Å². The van der Waals surface area contributed by atoms with Gasteiger partial charge in [0.05, 0.1) is 21.1 Å². The zero-order chi connectivity index (χ0) is 22.1. The molecule has 0 radical (unpaired) electrons. The number of anilines is 2. The normalized spacial score (nSPS) is 15.4. The van der Waals surface area contributed by atoms with Crippen LogP contribution in [0, 0.1) is 11.3 Å². The van der Waals surface area contributed by atoms with Gasteiger partial charge in [-0.25, -0.2) is 0 Å². The first-order valence-corrected chi connectivity index (χ1v) is 10.7. The molecule has 0 aromatic heterocycles. The summed E-state index contributed by atoms with van der Waals surface area (Å²) in [5.74, 6) is 0.773. The second kappa shape index (κ2) is 8.86. The topological polar surface area (TPSA) is 58.6 Å². The van der Waals surface area contributed by atoms with Crippen molar-refractivity contribution in [2.75, 3.05) is 23.4 Å². The molecule has 5 nitrogen and oxygen atoms in total.